The molecule has 2 N–H and O–H groups in total. The van der Waals surface area contributed by atoms with Crippen LogP contribution in [0.5, 0.6) is 0 Å². The second-order valence-corrected chi connectivity index (χ2v) is 6.83. The van der Waals surface area contributed by atoms with Crippen LogP contribution in [0.15, 0.2) is 47.3 Å². The Morgan fingerprint density at radius 1 is 1.26 bits per heavy atom. The molecule has 2 amide bonds. The normalized spacial score (nSPS) is 10.8. The molecule has 0 aliphatic rings. The van der Waals surface area contributed by atoms with Gasteiger partial charge in [0.2, 0.25) is 0 Å². The first-order valence-corrected chi connectivity index (χ1v) is 9.15. The molecule has 0 bridgehead atoms. The Hall–Kier alpha value is -2.86. The van der Waals surface area contributed by atoms with E-state index < -0.39 is 0 Å². The van der Waals surface area contributed by atoms with Gasteiger partial charge in [-0.05, 0) is 49.2 Å². The van der Waals surface area contributed by atoms with E-state index in [0.717, 1.165) is 17.7 Å². The van der Waals surface area contributed by atoms with Gasteiger partial charge >= 0.3 is 6.03 Å². The summed E-state index contributed by atoms with van der Waals surface area (Å²) in [7, 11) is 0. The molecular weight excluding hydrogens is 364 g/mol. The van der Waals surface area contributed by atoms with Crippen molar-refractivity contribution in [3.63, 3.8) is 0 Å². The van der Waals surface area contributed by atoms with Crippen LogP contribution in [-0.2, 0) is 6.54 Å². The number of nitrogens with one attached hydrogen (secondary N) is 2. The van der Waals surface area contributed by atoms with E-state index in [1.807, 2.05) is 38.1 Å². The number of nitrogens with zero attached hydrogens (tertiary/aromatic N) is 2. The maximum atomic E-state index is 12.7. The maximum absolute atomic E-state index is 12.7. The average molecular weight is 385 g/mol. The van der Waals surface area contributed by atoms with E-state index >= 15 is 0 Å². The monoisotopic (exact) mass is 384 g/mol. The summed E-state index contributed by atoms with van der Waals surface area (Å²) in [5.74, 6) is 0.419. The number of amides is 2. The number of rotatable bonds is 5. The van der Waals surface area contributed by atoms with Crippen molar-refractivity contribution in [2.75, 3.05) is 11.9 Å². The Morgan fingerprint density at radius 3 is 2.81 bits per heavy atom. The van der Waals surface area contributed by atoms with Crippen molar-refractivity contribution < 1.29 is 4.79 Å². The number of urea groups is 1. The summed E-state index contributed by atoms with van der Waals surface area (Å²) >= 11 is 6.01. The molecule has 0 atom stereocenters. The SMILES string of the molecule is CCCN(Cc1nc2cc(Cl)ccc2c(=O)[nH]1)C(=O)Nc1cccc(C)c1. The summed E-state index contributed by atoms with van der Waals surface area (Å²) in [6.45, 7) is 4.69. The molecule has 1 heterocycles. The molecule has 27 heavy (non-hydrogen) atoms. The van der Waals surface area contributed by atoms with E-state index in [4.69, 9.17) is 11.6 Å². The van der Waals surface area contributed by atoms with E-state index in [0.29, 0.717) is 28.3 Å². The van der Waals surface area contributed by atoms with Gasteiger partial charge in [-0.3, -0.25) is 4.79 Å². The number of fused-ring (bicyclic) bond motifs is 1. The summed E-state index contributed by atoms with van der Waals surface area (Å²) in [6, 6.07) is 12.3. The zero-order chi connectivity index (χ0) is 19.4. The Morgan fingerprint density at radius 2 is 2.07 bits per heavy atom. The summed E-state index contributed by atoms with van der Waals surface area (Å²) < 4.78 is 0. The highest BCUT2D eigenvalue weighted by atomic mass is 35.5. The first-order chi connectivity index (χ1) is 13.0. The number of aromatic amines is 1. The third kappa shape index (κ3) is 4.65. The highest BCUT2D eigenvalue weighted by Crippen LogP contribution is 2.16. The minimum Gasteiger partial charge on any atom is -0.317 e. The number of hydrogen-bond acceptors (Lipinski definition) is 3. The fourth-order valence-electron chi connectivity index (χ4n) is 2.86. The molecule has 3 rings (SSSR count). The Bertz CT molecular complexity index is 1030. The smallest absolute Gasteiger partial charge is 0.317 e. The molecule has 0 saturated heterocycles. The number of aromatic nitrogens is 2. The lowest BCUT2D eigenvalue weighted by Gasteiger charge is -2.22. The van der Waals surface area contributed by atoms with E-state index in [-0.39, 0.29) is 18.1 Å². The summed E-state index contributed by atoms with van der Waals surface area (Å²) in [5.41, 5.74) is 2.05. The first-order valence-electron chi connectivity index (χ1n) is 8.77. The third-order valence-electron chi connectivity index (χ3n) is 4.11. The maximum Gasteiger partial charge on any atom is 0.322 e. The average Bonchev–Trinajstić information content (AvgIpc) is 2.61. The van der Waals surface area contributed by atoms with Gasteiger partial charge in [-0.2, -0.15) is 0 Å². The van der Waals surface area contributed by atoms with Crippen LogP contribution in [0, 0.1) is 6.92 Å². The molecule has 0 aliphatic heterocycles. The van der Waals surface area contributed by atoms with Gasteiger partial charge in [0.1, 0.15) is 5.82 Å². The lowest BCUT2D eigenvalue weighted by atomic mass is 10.2. The summed E-state index contributed by atoms with van der Waals surface area (Å²) in [5, 5.41) is 3.87. The van der Waals surface area contributed by atoms with Gasteiger partial charge in [-0.15, -0.1) is 0 Å². The van der Waals surface area contributed by atoms with Crippen molar-refractivity contribution in [2.24, 2.45) is 0 Å². The Balaban J connectivity index is 1.84. The van der Waals surface area contributed by atoms with Crippen LogP contribution >= 0.6 is 11.6 Å². The zero-order valence-electron chi connectivity index (χ0n) is 15.3. The van der Waals surface area contributed by atoms with Crippen molar-refractivity contribution >= 4 is 34.2 Å². The molecule has 7 heteroatoms. The van der Waals surface area contributed by atoms with Crippen molar-refractivity contribution in [1.82, 2.24) is 14.9 Å². The van der Waals surface area contributed by atoms with Crippen LogP contribution in [0.25, 0.3) is 10.9 Å². The van der Waals surface area contributed by atoms with E-state index in [9.17, 15) is 9.59 Å². The van der Waals surface area contributed by atoms with Crippen LogP contribution < -0.4 is 10.9 Å². The molecule has 3 aromatic rings. The lowest BCUT2D eigenvalue weighted by Crippen LogP contribution is -2.36. The third-order valence-corrected chi connectivity index (χ3v) is 4.34. The zero-order valence-corrected chi connectivity index (χ0v) is 16.0. The fraction of sp³-hybridized carbons (Fsp3) is 0.250. The quantitative estimate of drug-likeness (QED) is 0.687. The van der Waals surface area contributed by atoms with Crippen LogP contribution in [0.1, 0.15) is 24.7 Å². The standard InChI is InChI=1S/C20H21ClN4O2/c1-3-9-25(20(27)22-15-6-4-5-13(2)10-15)12-18-23-17-11-14(21)7-8-16(17)19(26)24-18/h4-8,10-11H,3,9,12H2,1-2H3,(H,22,27)(H,23,24,26). The number of hydrogen-bond donors (Lipinski definition) is 2. The number of carbonyl (C=O) groups excluding carboxylic acids is 1. The van der Waals surface area contributed by atoms with Gasteiger partial charge in [-0.1, -0.05) is 30.7 Å². The molecule has 0 fully saturated rings. The molecule has 6 nitrogen and oxygen atoms in total. The largest absolute Gasteiger partial charge is 0.322 e. The Labute approximate surface area is 162 Å². The minimum atomic E-state index is -0.248. The van der Waals surface area contributed by atoms with Crippen molar-refractivity contribution in [2.45, 2.75) is 26.8 Å². The predicted octanol–water partition coefficient (Wildman–Crippen LogP) is 4.33. The van der Waals surface area contributed by atoms with E-state index in [1.165, 1.54) is 0 Å². The van der Waals surface area contributed by atoms with Crippen LogP contribution in [0.3, 0.4) is 0 Å². The van der Waals surface area contributed by atoms with Crippen molar-refractivity contribution in [3.8, 4) is 0 Å². The van der Waals surface area contributed by atoms with E-state index in [1.54, 1.807) is 23.1 Å². The van der Waals surface area contributed by atoms with Gasteiger partial charge in [0.15, 0.2) is 0 Å². The Kier molecular flexibility index (Phi) is 5.76. The molecule has 0 radical (unpaired) electrons. The molecule has 1 aromatic heterocycles. The number of halogens is 1. The minimum absolute atomic E-state index is 0.198. The predicted molar refractivity (Wildman–Crippen MR) is 108 cm³/mol. The summed E-state index contributed by atoms with van der Waals surface area (Å²) in [6.07, 6.45) is 0.783. The van der Waals surface area contributed by atoms with Crippen LogP contribution in [0.2, 0.25) is 5.02 Å². The van der Waals surface area contributed by atoms with E-state index in [2.05, 4.69) is 15.3 Å². The van der Waals surface area contributed by atoms with Crippen molar-refractivity contribution in [1.29, 1.82) is 0 Å². The van der Waals surface area contributed by atoms with Crippen LogP contribution in [0.4, 0.5) is 10.5 Å². The second-order valence-electron chi connectivity index (χ2n) is 6.40. The van der Waals surface area contributed by atoms with Gasteiger partial charge in [-0.25, -0.2) is 9.78 Å². The number of anilines is 1. The second kappa shape index (κ2) is 8.22. The molecule has 2 aromatic carbocycles. The fourth-order valence-corrected chi connectivity index (χ4v) is 3.03. The van der Waals surface area contributed by atoms with Gasteiger partial charge < -0.3 is 15.2 Å². The molecule has 0 unspecified atom stereocenters. The molecule has 0 saturated carbocycles. The molecule has 0 aliphatic carbocycles. The van der Waals surface area contributed by atoms with Crippen molar-refractivity contribution in [3.05, 3.63) is 69.2 Å². The summed E-state index contributed by atoms with van der Waals surface area (Å²) in [4.78, 5) is 33.8. The number of carbonyl (C=O) groups is 1. The number of benzene rings is 2. The molecule has 140 valence electrons. The highest BCUT2D eigenvalue weighted by molar-refractivity contribution is 6.31. The van der Waals surface area contributed by atoms with Crippen LogP contribution in [-0.4, -0.2) is 27.4 Å². The highest BCUT2D eigenvalue weighted by Gasteiger charge is 2.15. The lowest BCUT2D eigenvalue weighted by molar-refractivity contribution is 0.207. The topological polar surface area (TPSA) is 78.1 Å². The first kappa shape index (κ1) is 18.9. The molecular formula is C20H21ClN4O2. The number of aryl methyl sites for hydroxylation is 1. The van der Waals surface area contributed by atoms with Gasteiger partial charge in [0, 0.05) is 17.3 Å². The molecule has 0 spiro atoms. The number of H-pyrrole nitrogens is 1. The van der Waals surface area contributed by atoms with Gasteiger partial charge in [0.25, 0.3) is 5.56 Å². The van der Waals surface area contributed by atoms with Gasteiger partial charge in [0.05, 0.1) is 17.4 Å².